The Morgan fingerprint density at radius 3 is 2.48 bits per heavy atom. The van der Waals surface area contributed by atoms with Gasteiger partial charge < -0.3 is 19.5 Å². The monoisotopic (exact) mass is 372 g/mol. The molecule has 0 spiro atoms. The number of aliphatic carboxylic acids is 1. The maximum atomic E-state index is 12.6. The Labute approximate surface area is 153 Å². The van der Waals surface area contributed by atoms with Gasteiger partial charge in [0.1, 0.15) is 5.76 Å². The first-order valence-electron chi connectivity index (χ1n) is 7.92. The zero-order valence-electron chi connectivity index (χ0n) is 14.5. The number of carbonyl (C=O) groups excluding carboxylic acids is 2. The number of anilines is 1. The average molecular weight is 372 g/mol. The minimum absolute atomic E-state index is 0.0268. The lowest BCUT2D eigenvalue weighted by atomic mass is 9.96. The summed E-state index contributed by atoms with van der Waals surface area (Å²) in [5, 5.41) is 23.2. The van der Waals surface area contributed by atoms with Gasteiger partial charge in [-0.25, -0.2) is 4.79 Å². The molecule has 2 heterocycles. The highest BCUT2D eigenvalue weighted by atomic mass is 16.5. The number of ether oxygens (including phenoxy) is 1. The standard InChI is InChI=1S/C18H16N2O7/c1-9-7-13(19-27-9)20-15(12(8-14(21)22)16(23)17(20)24)10-3-5-11(6-4-10)18(25)26-2/h3-7,15,23H,8H2,1-2H3,(H,21,22). The predicted octanol–water partition coefficient (Wildman–Crippen LogP) is 2.14. The smallest absolute Gasteiger partial charge is 0.337 e. The van der Waals surface area contributed by atoms with Crippen LogP contribution in [0.2, 0.25) is 0 Å². The molecule has 1 aromatic heterocycles. The van der Waals surface area contributed by atoms with Gasteiger partial charge in [-0.05, 0) is 24.6 Å². The lowest BCUT2D eigenvalue weighted by Gasteiger charge is -2.24. The van der Waals surface area contributed by atoms with Crippen molar-refractivity contribution in [2.45, 2.75) is 19.4 Å². The molecule has 1 aliphatic heterocycles. The Bertz CT molecular complexity index is 943. The number of nitrogens with zero attached hydrogens (tertiary/aromatic N) is 2. The van der Waals surface area contributed by atoms with Gasteiger partial charge in [-0.15, -0.1) is 0 Å². The van der Waals surface area contributed by atoms with E-state index in [2.05, 4.69) is 9.89 Å². The summed E-state index contributed by atoms with van der Waals surface area (Å²) in [5.74, 6) is -2.55. The van der Waals surface area contributed by atoms with Gasteiger partial charge >= 0.3 is 11.9 Å². The first-order chi connectivity index (χ1) is 12.8. The molecular weight excluding hydrogens is 356 g/mol. The van der Waals surface area contributed by atoms with Crippen LogP contribution in [0.5, 0.6) is 0 Å². The van der Waals surface area contributed by atoms with Gasteiger partial charge in [-0.3, -0.25) is 14.5 Å². The van der Waals surface area contributed by atoms with Crippen LogP contribution in [0.15, 0.2) is 46.2 Å². The Balaban J connectivity index is 2.08. The van der Waals surface area contributed by atoms with Gasteiger partial charge in [0, 0.05) is 11.6 Å². The van der Waals surface area contributed by atoms with E-state index in [4.69, 9.17) is 4.52 Å². The van der Waals surface area contributed by atoms with Gasteiger partial charge in [0.05, 0.1) is 25.1 Å². The van der Waals surface area contributed by atoms with E-state index < -0.39 is 36.1 Å². The van der Waals surface area contributed by atoms with E-state index in [0.29, 0.717) is 16.9 Å². The summed E-state index contributed by atoms with van der Waals surface area (Å²) >= 11 is 0. The van der Waals surface area contributed by atoms with Crippen molar-refractivity contribution in [3.8, 4) is 0 Å². The molecule has 1 amide bonds. The van der Waals surface area contributed by atoms with Gasteiger partial charge in [-0.2, -0.15) is 0 Å². The normalized spacial score (nSPS) is 16.7. The molecule has 140 valence electrons. The fourth-order valence-corrected chi connectivity index (χ4v) is 2.97. The maximum absolute atomic E-state index is 12.6. The second kappa shape index (κ2) is 6.94. The zero-order valence-corrected chi connectivity index (χ0v) is 14.5. The fourth-order valence-electron chi connectivity index (χ4n) is 2.97. The quantitative estimate of drug-likeness (QED) is 0.764. The average Bonchev–Trinajstić information content (AvgIpc) is 3.17. The summed E-state index contributed by atoms with van der Waals surface area (Å²) < 4.78 is 9.65. The number of benzene rings is 1. The topological polar surface area (TPSA) is 130 Å². The highest BCUT2D eigenvalue weighted by molar-refractivity contribution is 6.08. The molecule has 2 N–H and O–H groups in total. The summed E-state index contributed by atoms with van der Waals surface area (Å²) in [4.78, 5) is 36.6. The summed E-state index contributed by atoms with van der Waals surface area (Å²) in [6.07, 6.45) is -0.533. The molecule has 2 aromatic rings. The van der Waals surface area contributed by atoms with E-state index in [0.717, 1.165) is 4.90 Å². The molecule has 0 saturated heterocycles. The predicted molar refractivity (Wildman–Crippen MR) is 91.2 cm³/mol. The highest BCUT2D eigenvalue weighted by Crippen LogP contribution is 2.41. The number of aryl methyl sites for hydroxylation is 1. The number of aliphatic hydroxyl groups excluding tert-OH is 1. The van der Waals surface area contributed by atoms with Crippen LogP contribution >= 0.6 is 0 Å². The number of hydrogen-bond donors (Lipinski definition) is 2. The zero-order chi connectivity index (χ0) is 19.7. The van der Waals surface area contributed by atoms with Gasteiger partial charge in [0.2, 0.25) is 0 Å². The lowest BCUT2D eigenvalue weighted by Crippen LogP contribution is -2.30. The molecule has 0 radical (unpaired) electrons. The molecule has 1 unspecified atom stereocenters. The molecule has 9 heteroatoms. The molecule has 0 bridgehead atoms. The molecule has 1 aliphatic rings. The van der Waals surface area contributed by atoms with Crippen LogP contribution in [-0.2, 0) is 14.3 Å². The van der Waals surface area contributed by atoms with Gasteiger partial charge in [-0.1, -0.05) is 17.3 Å². The molecule has 0 saturated carbocycles. The number of carbonyl (C=O) groups is 3. The number of esters is 1. The van der Waals surface area contributed by atoms with Crippen molar-refractivity contribution in [1.29, 1.82) is 0 Å². The van der Waals surface area contributed by atoms with E-state index >= 15 is 0 Å². The van der Waals surface area contributed by atoms with E-state index in [1.807, 2.05) is 0 Å². The first kappa shape index (κ1) is 18.2. The maximum Gasteiger partial charge on any atom is 0.337 e. The number of rotatable bonds is 5. The van der Waals surface area contributed by atoms with Crippen molar-refractivity contribution < 1.29 is 33.9 Å². The molecule has 0 aliphatic carbocycles. The van der Waals surface area contributed by atoms with E-state index in [9.17, 15) is 24.6 Å². The molecule has 9 nitrogen and oxygen atoms in total. The number of hydrogen-bond acceptors (Lipinski definition) is 7. The molecule has 27 heavy (non-hydrogen) atoms. The van der Waals surface area contributed by atoms with E-state index in [-0.39, 0.29) is 11.4 Å². The van der Waals surface area contributed by atoms with Crippen molar-refractivity contribution in [2.24, 2.45) is 0 Å². The summed E-state index contributed by atoms with van der Waals surface area (Å²) in [6, 6.07) is 6.71. The van der Waals surface area contributed by atoms with E-state index in [1.165, 1.54) is 25.3 Å². The highest BCUT2D eigenvalue weighted by Gasteiger charge is 2.43. The van der Waals surface area contributed by atoms with Gasteiger partial charge in [0.15, 0.2) is 11.6 Å². The number of methoxy groups -OCH3 is 1. The minimum Gasteiger partial charge on any atom is -0.503 e. The number of amides is 1. The van der Waals surface area contributed by atoms with Crippen LogP contribution in [0.4, 0.5) is 5.82 Å². The fraction of sp³-hybridized carbons (Fsp3) is 0.222. The second-order valence-corrected chi connectivity index (χ2v) is 5.93. The second-order valence-electron chi connectivity index (χ2n) is 5.93. The van der Waals surface area contributed by atoms with Crippen LogP contribution in [0, 0.1) is 6.92 Å². The third-order valence-electron chi connectivity index (χ3n) is 4.17. The minimum atomic E-state index is -1.20. The third-order valence-corrected chi connectivity index (χ3v) is 4.17. The van der Waals surface area contributed by atoms with Gasteiger partial charge in [0.25, 0.3) is 5.91 Å². The molecular formula is C18H16N2O7. The van der Waals surface area contributed by atoms with Crippen LogP contribution in [0.25, 0.3) is 0 Å². The lowest BCUT2D eigenvalue weighted by molar-refractivity contribution is -0.136. The van der Waals surface area contributed by atoms with Crippen LogP contribution in [-0.4, -0.2) is 40.3 Å². The number of carboxylic acid groups (broad SMARTS) is 1. The van der Waals surface area contributed by atoms with Crippen molar-refractivity contribution in [3.05, 3.63) is 58.6 Å². The first-order valence-corrected chi connectivity index (χ1v) is 7.92. The van der Waals surface area contributed by atoms with Crippen molar-refractivity contribution in [2.75, 3.05) is 12.0 Å². The number of aliphatic hydroxyl groups is 1. The summed E-state index contributed by atoms with van der Waals surface area (Å²) in [6.45, 7) is 1.64. The third kappa shape index (κ3) is 3.26. The van der Waals surface area contributed by atoms with Crippen molar-refractivity contribution in [3.63, 3.8) is 0 Å². The Morgan fingerprint density at radius 2 is 1.96 bits per heavy atom. The van der Waals surface area contributed by atoms with Crippen LogP contribution in [0.3, 0.4) is 0 Å². The number of carboxylic acids is 1. The Morgan fingerprint density at radius 1 is 1.30 bits per heavy atom. The van der Waals surface area contributed by atoms with E-state index in [1.54, 1.807) is 19.1 Å². The Kier molecular flexibility index (Phi) is 4.68. The van der Waals surface area contributed by atoms with Crippen LogP contribution in [0.1, 0.15) is 34.1 Å². The molecule has 3 rings (SSSR count). The SMILES string of the molecule is COC(=O)c1ccc(C2C(CC(=O)O)=C(O)C(=O)N2c2cc(C)on2)cc1. The van der Waals surface area contributed by atoms with Crippen molar-refractivity contribution in [1.82, 2.24) is 5.16 Å². The number of aromatic nitrogens is 1. The molecule has 0 fully saturated rings. The molecule has 1 aromatic carbocycles. The Hall–Kier alpha value is -3.62. The summed E-state index contributed by atoms with van der Waals surface area (Å²) in [7, 11) is 1.26. The molecule has 1 atom stereocenters. The van der Waals surface area contributed by atoms with Crippen molar-refractivity contribution >= 4 is 23.7 Å². The summed E-state index contributed by atoms with van der Waals surface area (Å²) in [5.41, 5.74) is 0.818. The van der Waals surface area contributed by atoms with Crippen LogP contribution < -0.4 is 4.90 Å². The largest absolute Gasteiger partial charge is 0.503 e.